The Balaban J connectivity index is 1.60. The van der Waals surface area contributed by atoms with E-state index in [0.717, 1.165) is 0 Å². The zero-order valence-corrected chi connectivity index (χ0v) is 19.0. The molecule has 0 fully saturated rings. The van der Waals surface area contributed by atoms with Crippen molar-refractivity contribution in [2.24, 2.45) is 0 Å². The van der Waals surface area contributed by atoms with Crippen LogP contribution in [0.15, 0.2) is 71.6 Å². The Morgan fingerprint density at radius 3 is 2.12 bits per heavy atom. The Morgan fingerprint density at radius 1 is 0.938 bits per heavy atom. The van der Waals surface area contributed by atoms with Crippen LogP contribution in [0.4, 0.5) is 5.69 Å². The van der Waals surface area contributed by atoms with Gasteiger partial charge in [-0.1, -0.05) is 17.7 Å². The molecule has 0 aliphatic rings. The molecule has 0 aliphatic carbocycles. The number of rotatable bonds is 8. The molecule has 166 valence electrons. The van der Waals surface area contributed by atoms with Crippen molar-refractivity contribution in [3.63, 3.8) is 0 Å². The van der Waals surface area contributed by atoms with Gasteiger partial charge in [0.25, 0.3) is 5.91 Å². The number of carbonyl (C=O) groups excluding carboxylic acids is 2. The van der Waals surface area contributed by atoms with Crippen LogP contribution in [0.2, 0.25) is 5.02 Å². The van der Waals surface area contributed by atoms with Crippen molar-refractivity contribution in [2.45, 2.75) is 11.8 Å². The van der Waals surface area contributed by atoms with Crippen LogP contribution in [0.25, 0.3) is 0 Å². The Kier molecular flexibility index (Phi) is 7.29. The van der Waals surface area contributed by atoms with Gasteiger partial charge < -0.3 is 10.1 Å². The fourth-order valence-electron chi connectivity index (χ4n) is 2.89. The molecular formula is C23H21ClN2O5S. The summed E-state index contributed by atoms with van der Waals surface area (Å²) >= 11 is 5.85. The molecule has 3 rings (SSSR count). The highest BCUT2D eigenvalue weighted by atomic mass is 35.5. The molecule has 0 unspecified atom stereocenters. The minimum absolute atomic E-state index is 0.0830. The van der Waals surface area contributed by atoms with Gasteiger partial charge in [-0.25, -0.2) is 13.1 Å². The van der Waals surface area contributed by atoms with Crippen molar-refractivity contribution in [1.29, 1.82) is 0 Å². The third kappa shape index (κ3) is 5.73. The summed E-state index contributed by atoms with van der Waals surface area (Å²) in [6.45, 7) is 1.38. The minimum Gasteiger partial charge on any atom is -0.484 e. The van der Waals surface area contributed by atoms with Crippen molar-refractivity contribution in [3.8, 4) is 5.75 Å². The number of hydrogen-bond donors (Lipinski definition) is 2. The molecular weight excluding hydrogens is 452 g/mol. The van der Waals surface area contributed by atoms with Crippen molar-refractivity contribution >= 4 is 39.0 Å². The monoisotopic (exact) mass is 472 g/mol. The summed E-state index contributed by atoms with van der Waals surface area (Å²) in [5, 5.41) is 3.16. The highest BCUT2D eigenvalue weighted by molar-refractivity contribution is 7.89. The van der Waals surface area contributed by atoms with Crippen molar-refractivity contribution in [3.05, 3.63) is 88.4 Å². The SMILES string of the molecule is CNS(=O)(=O)c1cc(NC(=O)COc2ccc(C(=O)c3ccc(Cl)cc3)cc2)ccc1C. The van der Waals surface area contributed by atoms with Gasteiger partial charge in [-0.05, 0) is 80.2 Å². The summed E-state index contributed by atoms with van der Waals surface area (Å²) in [4.78, 5) is 24.8. The number of ketones is 1. The number of sulfonamides is 1. The summed E-state index contributed by atoms with van der Waals surface area (Å²) in [5.74, 6) is -0.198. The summed E-state index contributed by atoms with van der Waals surface area (Å²) < 4.78 is 31.9. The maximum atomic E-state index is 12.5. The fraction of sp³-hybridized carbons (Fsp3) is 0.130. The molecule has 2 N–H and O–H groups in total. The zero-order chi connectivity index (χ0) is 23.3. The molecule has 0 saturated heterocycles. The lowest BCUT2D eigenvalue weighted by Gasteiger charge is -2.11. The van der Waals surface area contributed by atoms with E-state index in [1.54, 1.807) is 67.6 Å². The molecule has 7 nitrogen and oxygen atoms in total. The van der Waals surface area contributed by atoms with Crippen LogP contribution in [0, 0.1) is 6.92 Å². The molecule has 0 atom stereocenters. The first-order valence-electron chi connectivity index (χ1n) is 9.57. The normalized spacial score (nSPS) is 11.1. The van der Waals surface area contributed by atoms with Crippen LogP contribution in [0.1, 0.15) is 21.5 Å². The number of hydrogen-bond acceptors (Lipinski definition) is 5. The number of halogens is 1. The highest BCUT2D eigenvalue weighted by Gasteiger charge is 2.16. The van der Waals surface area contributed by atoms with Crippen molar-refractivity contribution < 1.29 is 22.7 Å². The van der Waals surface area contributed by atoms with E-state index in [0.29, 0.717) is 33.1 Å². The second-order valence-electron chi connectivity index (χ2n) is 6.89. The number of nitrogens with one attached hydrogen (secondary N) is 2. The lowest BCUT2D eigenvalue weighted by molar-refractivity contribution is -0.118. The van der Waals surface area contributed by atoms with Crippen LogP contribution in [0.3, 0.4) is 0 Å². The first-order chi connectivity index (χ1) is 15.2. The first-order valence-corrected chi connectivity index (χ1v) is 11.4. The maximum absolute atomic E-state index is 12.5. The van der Waals surface area contributed by atoms with E-state index in [1.807, 2.05) is 0 Å². The molecule has 0 radical (unpaired) electrons. The smallest absolute Gasteiger partial charge is 0.262 e. The molecule has 32 heavy (non-hydrogen) atoms. The van der Waals surface area contributed by atoms with Gasteiger partial charge in [0.05, 0.1) is 4.90 Å². The van der Waals surface area contributed by atoms with Crippen LogP contribution < -0.4 is 14.8 Å². The van der Waals surface area contributed by atoms with E-state index in [9.17, 15) is 18.0 Å². The van der Waals surface area contributed by atoms with Gasteiger partial charge in [0.2, 0.25) is 10.0 Å². The maximum Gasteiger partial charge on any atom is 0.262 e. The second kappa shape index (κ2) is 9.95. The van der Waals surface area contributed by atoms with Gasteiger partial charge in [0, 0.05) is 21.8 Å². The van der Waals surface area contributed by atoms with E-state index < -0.39 is 15.9 Å². The number of aryl methyl sites for hydroxylation is 1. The third-order valence-electron chi connectivity index (χ3n) is 4.62. The zero-order valence-electron chi connectivity index (χ0n) is 17.4. The number of ether oxygens (including phenoxy) is 1. The molecule has 0 heterocycles. The molecule has 1 amide bonds. The van der Waals surface area contributed by atoms with Crippen LogP contribution in [-0.2, 0) is 14.8 Å². The van der Waals surface area contributed by atoms with E-state index in [4.69, 9.17) is 16.3 Å². The van der Waals surface area contributed by atoms with E-state index >= 15 is 0 Å². The van der Waals surface area contributed by atoms with Crippen LogP contribution >= 0.6 is 11.6 Å². The summed E-state index contributed by atoms with van der Waals surface area (Å²) in [6, 6.07) is 17.6. The lowest BCUT2D eigenvalue weighted by atomic mass is 10.0. The van der Waals surface area contributed by atoms with E-state index in [1.165, 1.54) is 13.1 Å². The largest absolute Gasteiger partial charge is 0.484 e. The predicted octanol–water partition coefficient (Wildman–Crippen LogP) is 3.81. The average molecular weight is 473 g/mol. The Morgan fingerprint density at radius 2 is 1.53 bits per heavy atom. The van der Waals surface area contributed by atoms with Crippen LogP contribution in [0.5, 0.6) is 5.75 Å². The molecule has 3 aromatic carbocycles. The van der Waals surface area contributed by atoms with Gasteiger partial charge in [0.1, 0.15) is 5.75 Å². The topological polar surface area (TPSA) is 102 Å². The first kappa shape index (κ1) is 23.5. The fourth-order valence-corrected chi connectivity index (χ4v) is 4.01. The summed E-state index contributed by atoms with van der Waals surface area (Å²) in [6.07, 6.45) is 0. The van der Waals surface area contributed by atoms with Crippen molar-refractivity contribution in [1.82, 2.24) is 4.72 Å². The Labute approximate surface area is 191 Å². The number of amides is 1. The third-order valence-corrected chi connectivity index (χ3v) is 6.43. The van der Waals surface area contributed by atoms with Gasteiger partial charge in [-0.15, -0.1) is 0 Å². The quantitative estimate of drug-likeness (QED) is 0.485. The molecule has 3 aromatic rings. The molecule has 0 saturated carbocycles. The number of benzene rings is 3. The summed E-state index contributed by atoms with van der Waals surface area (Å²) in [5.41, 5.74) is 1.88. The summed E-state index contributed by atoms with van der Waals surface area (Å²) in [7, 11) is -2.32. The van der Waals surface area contributed by atoms with Crippen LogP contribution in [-0.4, -0.2) is 33.8 Å². The molecule has 0 aliphatic heterocycles. The number of carbonyl (C=O) groups is 2. The minimum atomic E-state index is -3.64. The average Bonchev–Trinajstić information content (AvgIpc) is 2.79. The van der Waals surface area contributed by atoms with E-state index in [-0.39, 0.29) is 17.3 Å². The standard InChI is InChI=1S/C23H21ClN2O5S/c1-15-3-10-19(13-21(15)32(29,30)25-2)26-22(27)14-31-20-11-6-17(7-12-20)23(28)16-4-8-18(24)9-5-16/h3-13,25H,14H2,1-2H3,(H,26,27). The Hall–Kier alpha value is -3.20. The predicted molar refractivity (Wildman–Crippen MR) is 123 cm³/mol. The van der Waals surface area contributed by atoms with Crippen molar-refractivity contribution in [2.75, 3.05) is 19.0 Å². The van der Waals surface area contributed by atoms with E-state index in [2.05, 4.69) is 10.0 Å². The lowest BCUT2D eigenvalue weighted by Crippen LogP contribution is -2.22. The molecule has 9 heteroatoms. The van der Waals surface area contributed by atoms with Gasteiger partial charge >= 0.3 is 0 Å². The molecule has 0 bridgehead atoms. The second-order valence-corrected chi connectivity index (χ2v) is 9.18. The number of anilines is 1. The highest BCUT2D eigenvalue weighted by Crippen LogP contribution is 2.20. The molecule has 0 aromatic heterocycles. The molecule has 0 spiro atoms. The van der Waals surface area contributed by atoms with Gasteiger partial charge in [0.15, 0.2) is 12.4 Å². The van der Waals surface area contributed by atoms with Gasteiger partial charge in [-0.2, -0.15) is 0 Å². The Bertz CT molecular complexity index is 1240. The van der Waals surface area contributed by atoms with Gasteiger partial charge in [-0.3, -0.25) is 9.59 Å².